The summed E-state index contributed by atoms with van der Waals surface area (Å²) >= 11 is 0. The van der Waals surface area contributed by atoms with Crippen LogP contribution in [0.4, 0.5) is 13.2 Å². The fraction of sp³-hybridized carbons (Fsp3) is 0.375. The molecule has 7 heteroatoms. The van der Waals surface area contributed by atoms with E-state index in [1.54, 1.807) is 12.3 Å². The molecular weight excluding hydrogens is 209 g/mol. The molecule has 0 amide bonds. The van der Waals surface area contributed by atoms with Crippen LogP contribution in [0, 0.1) is 0 Å². The highest BCUT2D eigenvalue weighted by Gasteiger charge is 2.37. The van der Waals surface area contributed by atoms with Gasteiger partial charge in [0.25, 0.3) is 0 Å². The number of hydrogen-bond acceptors (Lipinski definition) is 3. The molecule has 1 aromatic rings. The van der Waals surface area contributed by atoms with E-state index in [1.165, 1.54) is 22.1 Å². The van der Waals surface area contributed by atoms with Crippen molar-refractivity contribution in [3.8, 4) is 0 Å². The summed E-state index contributed by atoms with van der Waals surface area (Å²) in [6.07, 6.45) is 1.27. The molecule has 0 radical (unpaired) electrons. The summed E-state index contributed by atoms with van der Waals surface area (Å²) in [7, 11) is 0. The van der Waals surface area contributed by atoms with Crippen LogP contribution < -0.4 is 5.01 Å². The summed E-state index contributed by atoms with van der Waals surface area (Å²) in [5.74, 6) is 0. The van der Waals surface area contributed by atoms with Gasteiger partial charge in [-0.25, -0.2) is 0 Å². The SMILES string of the molecule is FC(F)(F)N1C=CCN(n2cccn2)C1. The number of nitrogens with zero attached hydrogens (tertiary/aromatic N) is 4. The predicted molar refractivity (Wildman–Crippen MR) is 47.2 cm³/mol. The average molecular weight is 218 g/mol. The highest BCUT2D eigenvalue weighted by atomic mass is 19.4. The summed E-state index contributed by atoms with van der Waals surface area (Å²) in [5, 5.41) is 5.34. The third-order valence-corrected chi connectivity index (χ3v) is 2.02. The summed E-state index contributed by atoms with van der Waals surface area (Å²) in [5.41, 5.74) is 0. The van der Waals surface area contributed by atoms with Crippen molar-refractivity contribution in [1.29, 1.82) is 0 Å². The van der Waals surface area contributed by atoms with Crippen LogP contribution in [0.3, 0.4) is 0 Å². The number of aromatic nitrogens is 2. The lowest BCUT2D eigenvalue weighted by atomic mass is 10.5. The molecule has 1 aliphatic rings. The normalized spacial score (nSPS) is 17.3. The van der Waals surface area contributed by atoms with Crippen molar-refractivity contribution in [1.82, 2.24) is 14.8 Å². The second-order valence-electron chi connectivity index (χ2n) is 3.08. The Morgan fingerprint density at radius 1 is 1.27 bits per heavy atom. The minimum absolute atomic E-state index is 0.248. The van der Waals surface area contributed by atoms with Crippen molar-refractivity contribution >= 4 is 0 Å². The third kappa shape index (κ3) is 2.05. The smallest absolute Gasteiger partial charge is 0.273 e. The van der Waals surface area contributed by atoms with Crippen molar-refractivity contribution in [3.05, 3.63) is 30.7 Å². The Morgan fingerprint density at radius 2 is 2.07 bits per heavy atom. The Balaban J connectivity index is 2.11. The zero-order valence-electron chi connectivity index (χ0n) is 7.72. The van der Waals surface area contributed by atoms with Gasteiger partial charge in [-0.05, 0) is 12.1 Å². The molecule has 2 heterocycles. The van der Waals surface area contributed by atoms with Gasteiger partial charge in [0.15, 0.2) is 0 Å². The van der Waals surface area contributed by atoms with Crippen LogP contribution in [-0.4, -0.2) is 34.3 Å². The second-order valence-corrected chi connectivity index (χ2v) is 3.08. The highest BCUT2D eigenvalue weighted by Crippen LogP contribution is 2.22. The van der Waals surface area contributed by atoms with Crippen LogP contribution in [0.2, 0.25) is 0 Å². The number of halogens is 3. The average Bonchev–Trinajstić information content (AvgIpc) is 2.69. The van der Waals surface area contributed by atoms with Crippen molar-refractivity contribution in [3.63, 3.8) is 0 Å². The Morgan fingerprint density at radius 3 is 2.67 bits per heavy atom. The number of rotatable bonds is 1. The Labute approximate surface area is 84.2 Å². The molecule has 0 fully saturated rings. The maximum absolute atomic E-state index is 12.4. The van der Waals surface area contributed by atoms with Gasteiger partial charge < -0.3 is 0 Å². The van der Waals surface area contributed by atoms with Crippen LogP contribution in [0.25, 0.3) is 0 Å². The van der Waals surface area contributed by atoms with E-state index in [9.17, 15) is 13.2 Å². The molecule has 0 atom stereocenters. The van der Waals surface area contributed by atoms with Crippen LogP contribution >= 0.6 is 0 Å². The molecule has 0 saturated carbocycles. The number of hydrogen-bond donors (Lipinski definition) is 0. The minimum Gasteiger partial charge on any atom is -0.273 e. The molecule has 4 nitrogen and oxygen atoms in total. The Bertz CT molecular complexity index is 343. The molecule has 15 heavy (non-hydrogen) atoms. The molecule has 82 valence electrons. The van der Waals surface area contributed by atoms with Crippen LogP contribution in [-0.2, 0) is 0 Å². The molecule has 0 N–H and O–H groups in total. The largest absolute Gasteiger partial charge is 0.485 e. The zero-order valence-corrected chi connectivity index (χ0v) is 7.72. The molecule has 1 aliphatic heterocycles. The van der Waals surface area contributed by atoms with Gasteiger partial charge in [-0.2, -0.15) is 23.1 Å². The summed E-state index contributed by atoms with van der Waals surface area (Å²) < 4.78 is 37.1. The van der Waals surface area contributed by atoms with Gasteiger partial charge in [-0.1, -0.05) is 0 Å². The van der Waals surface area contributed by atoms with Crippen LogP contribution in [0.5, 0.6) is 0 Å². The maximum atomic E-state index is 12.4. The van der Waals surface area contributed by atoms with Crippen molar-refractivity contribution < 1.29 is 13.2 Å². The first-order valence-electron chi connectivity index (χ1n) is 4.32. The lowest BCUT2D eigenvalue weighted by Crippen LogP contribution is -2.50. The Kier molecular flexibility index (Phi) is 2.29. The molecule has 0 unspecified atom stereocenters. The Hall–Kier alpha value is -1.66. The molecule has 0 saturated heterocycles. The lowest BCUT2D eigenvalue weighted by Gasteiger charge is -2.34. The minimum atomic E-state index is -4.34. The van der Waals surface area contributed by atoms with Gasteiger partial charge in [0, 0.05) is 12.4 Å². The third-order valence-electron chi connectivity index (χ3n) is 2.02. The fourth-order valence-corrected chi connectivity index (χ4v) is 1.32. The molecular formula is C8H9F3N4. The van der Waals surface area contributed by atoms with E-state index in [0.717, 1.165) is 6.20 Å². The topological polar surface area (TPSA) is 24.3 Å². The lowest BCUT2D eigenvalue weighted by molar-refractivity contribution is -0.229. The van der Waals surface area contributed by atoms with E-state index >= 15 is 0 Å². The van der Waals surface area contributed by atoms with E-state index in [-0.39, 0.29) is 6.67 Å². The fourth-order valence-electron chi connectivity index (χ4n) is 1.32. The molecule has 0 spiro atoms. The molecule has 1 aromatic heterocycles. The second kappa shape index (κ2) is 3.48. The van der Waals surface area contributed by atoms with Gasteiger partial charge in [0.1, 0.15) is 6.67 Å². The van der Waals surface area contributed by atoms with Crippen LogP contribution in [0.15, 0.2) is 30.7 Å². The van der Waals surface area contributed by atoms with E-state index < -0.39 is 6.30 Å². The summed E-state index contributed by atoms with van der Waals surface area (Å²) in [6.45, 7) is 0.163. The monoisotopic (exact) mass is 218 g/mol. The summed E-state index contributed by atoms with van der Waals surface area (Å²) in [6, 6.07) is 1.66. The quantitative estimate of drug-likeness (QED) is 0.660. The molecule has 0 aromatic carbocycles. The zero-order chi connectivity index (χ0) is 10.9. The molecule has 0 aliphatic carbocycles. The van der Waals surface area contributed by atoms with E-state index in [0.29, 0.717) is 11.4 Å². The number of alkyl halides is 3. The van der Waals surface area contributed by atoms with Gasteiger partial charge in [0.2, 0.25) is 0 Å². The maximum Gasteiger partial charge on any atom is 0.485 e. The van der Waals surface area contributed by atoms with Crippen molar-refractivity contribution in [2.75, 3.05) is 18.2 Å². The van der Waals surface area contributed by atoms with Crippen molar-refractivity contribution in [2.45, 2.75) is 6.30 Å². The first-order valence-corrected chi connectivity index (χ1v) is 4.32. The van der Waals surface area contributed by atoms with Gasteiger partial charge >= 0.3 is 6.30 Å². The van der Waals surface area contributed by atoms with Crippen molar-refractivity contribution in [2.24, 2.45) is 0 Å². The van der Waals surface area contributed by atoms with Crippen LogP contribution in [0.1, 0.15) is 0 Å². The summed E-state index contributed by atoms with van der Waals surface area (Å²) in [4.78, 5) is 1.69. The van der Waals surface area contributed by atoms with E-state index in [4.69, 9.17) is 0 Å². The van der Waals surface area contributed by atoms with Gasteiger partial charge in [0.05, 0.1) is 12.7 Å². The predicted octanol–water partition coefficient (Wildman–Crippen LogP) is 1.13. The first-order chi connectivity index (χ1) is 7.07. The van der Waals surface area contributed by atoms with E-state index in [1.807, 2.05) is 0 Å². The molecule has 0 bridgehead atoms. The highest BCUT2D eigenvalue weighted by molar-refractivity contribution is 5.02. The first kappa shape index (κ1) is 9.88. The van der Waals surface area contributed by atoms with Gasteiger partial charge in [-0.15, -0.1) is 0 Å². The standard InChI is InChI=1S/C8H9F3N4/c9-8(10,11)13-4-2-5-14(7-13)15-6-1-3-12-15/h1-4,6H,5,7H2. The molecule has 2 rings (SSSR count). The van der Waals surface area contributed by atoms with E-state index in [2.05, 4.69) is 5.10 Å². The van der Waals surface area contributed by atoms with Gasteiger partial charge in [-0.3, -0.25) is 9.91 Å².